The number of rotatable bonds is 1. The zero-order valence-corrected chi connectivity index (χ0v) is 7.40. The number of thiophene rings is 1. The Morgan fingerprint density at radius 3 is 3.27 bits per heavy atom. The maximum Gasteiger partial charge on any atom is 0.0657 e. The molecule has 11 heavy (non-hydrogen) atoms. The molecule has 0 saturated carbocycles. The summed E-state index contributed by atoms with van der Waals surface area (Å²) < 4.78 is 0. The van der Waals surface area contributed by atoms with Crippen LogP contribution in [0.3, 0.4) is 0 Å². The van der Waals surface area contributed by atoms with Gasteiger partial charge in [0.1, 0.15) is 0 Å². The van der Waals surface area contributed by atoms with Gasteiger partial charge < -0.3 is 5.11 Å². The monoisotopic (exact) mass is 168 g/mol. The molecular formula is C9H12OS. The van der Waals surface area contributed by atoms with Gasteiger partial charge in [0.2, 0.25) is 0 Å². The van der Waals surface area contributed by atoms with Gasteiger partial charge in [0, 0.05) is 17.2 Å². The predicted molar refractivity (Wildman–Crippen MR) is 47.1 cm³/mol. The van der Waals surface area contributed by atoms with Crippen molar-refractivity contribution in [2.75, 3.05) is 0 Å². The van der Waals surface area contributed by atoms with Gasteiger partial charge in [0.05, 0.1) is 6.10 Å². The molecular weight excluding hydrogens is 156 g/mol. The molecule has 0 bridgehead atoms. The highest BCUT2D eigenvalue weighted by Gasteiger charge is 2.30. The van der Waals surface area contributed by atoms with E-state index in [1.165, 1.54) is 10.4 Å². The Labute approximate surface area is 70.7 Å². The highest BCUT2D eigenvalue weighted by Crippen LogP contribution is 2.38. The molecule has 0 fully saturated rings. The molecule has 2 rings (SSSR count). The zero-order valence-electron chi connectivity index (χ0n) is 6.58. The first kappa shape index (κ1) is 7.32. The van der Waals surface area contributed by atoms with Gasteiger partial charge in [0.25, 0.3) is 0 Å². The van der Waals surface area contributed by atoms with Crippen LogP contribution in [0.25, 0.3) is 0 Å². The Hall–Kier alpha value is -0.340. The molecule has 1 aromatic heterocycles. The molecule has 0 aliphatic heterocycles. The first-order valence-corrected chi connectivity index (χ1v) is 4.95. The van der Waals surface area contributed by atoms with Gasteiger partial charge in [-0.2, -0.15) is 0 Å². The first-order chi connectivity index (χ1) is 5.33. The molecule has 60 valence electrons. The molecule has 1 nitrogen and oxygen atoms in total. The second-order valence-corrected chi connectivity index (χ2v) is 4.04. The molecule has 1 aromatic rings. The third kappa shape index (κ3) is 1.01. The molecule has 2 heteroatoms. The maximum absolute atomic E-state index is 9.61. The minimum atomic E-state index is -0.109. The van der Waals surface area contributed by atoms with Crippen LogP contribution in [0.5, 0.6) is 0 Å². The molecule has 1 heterocycles. The molecule has 0 unspecified atom stereocenters. The normalized spacial score (nSPS) is 28.9. The molecule has 0 spiro atoms. The summed E-state index contributed by atoms with van der Waals surface area (Å²) in [5.41, 5.74) is 1.37. The molecule has 0 saturated heterocycles. The largest absolute Gasteiger partial charge is 0.392 e. The van der Waals surface area contributed by atoms with Gasteiger partial charge in [-0.1, -0.05) is 6.92 Å². The van der Waals surface area contributed by atoms with Gasteiger partial charge in [-0.15, -0.1) is 11.3 Å². The summed E-state index contributed by atoms with van der Waals surface area (Å²) in [5.74, 6) is 0.421. The highest BCUT2D eigenvalue weighted by atomic mass is 32.1. The van der Waals surface area contributed by atoms with Crippen molar-refractivity contribution < 1.29 is 5.11 Å². The number of aliphatic hydroxyl groups is 1. The third-order valence-corrected chi connectivity index (χ3v) is 3.54. The van der Waals surface area contributed by atoms with Crippen LogP contribution >= 0.6 is 11.3 Å². The molecule has 1 aliphatic rings. The first-order valence-electron chi connectivity index (χ1n) is 4.07. The standard InChI is InChI=1S/C9H12OS/c1-2-7-8(10)5-6-3-4-11-9(6)7/h3-4,7-8,10H,2,5H2,1H3/t7-,8-/m1/s1. The van der Waals surface area contributed by atoms with E-state index >= 15 is 0 Å². The van der Waals surface area contributed by atoms with E-state index in [4.69, 9.17) is 0 Å². The lowest BCUT2D eigenvalue weighted by Gasteiger charge is -2.10. The lowest BCUT2D eigenvalue weighted by molar-refractivity contribution is 0.155. The van der Waals surface area contributed by atoms with Gasteiger partial charge in [-0.3, -0.25) is 0 Å². The third-order valence-electron chi connectivity index (χ3n) is 2.45. The number of aliphatic hydroxyl groups excluding tert-OH is 1. The van der Waals surface area contributed by atoms with E-state index < -0.39 is 0 Å². The summed E-state index contributed by atoms with van der Waals surface area (Å²) in [5, 5.41) is 11.7. The van der Waals surface area contributed by atoms with E-state index in [1.807, 2.05) is 0 Å². The quantitative estimate of drug-likeness (QED) is 0.681. The summed E-state index contributed by atoms with van der Waals surface area (Å²) >= 11 is 1.79. The van der Waals surface area contributed by atoms with Crippen molar-refractivity contribution >= 4 is 11.3 Å². The molecule has 0 amide bonds. The van der Waals surface area contributed by atoms with Crippen LogP contribution in [0.15, 0.2) is 11.4 Å². The summed E-state index contributed by atoms with van der Waals surface area (Å²) in [7, 11) is 0. The van der Waals surface area contributed by atoms with Crippen molar-refractivity contribution in [3.63, 3.8) is 0 Å². The summed E-state index contributed by atoms with van der Waals surface area (Å²) in [6.45, 7) is 2.14. The minimum absolute atomic E-state index is 0.109. The second kappa shape index (κ2) is 2.61. The lowest BCUT2D eigenvalue weighted by atomic mass is 10.0. The van der Waals surface area contributed by atoms with Crippen molar-refractivity contribution in [2.45, 2.75) is 31.8 Å². The molecule has 1 aliphatic carbocycles. The Morgan fingerprint density at radius 2 is 2.55 bits per heavy atom. The number of hydrogen-bond acceptors (Lipinski definition) is 2. The Bertz CT molecular complexity index is 254. The van der Waals surface area contributed by atoms with Crippen LogP contribution in [0.2, 0.25) is 0 Å². The Morgan fingerprint density at radius 1 is 1.73 bits per heavy atom. The number of hydrogen-bond donors (Lipinski definition) is 1. The topological polar surface area (TPSA) is 20.2 Å². The predicted octanol–water partition coefficient (Wildman–Crippen LogP) is 2.16. The SMILES string of the molecule is CC[C@H]1c2sccc2C[C@H]1O. The minimum Gasteiger partial charge on any atom is -0.392 e. The summed E-state index contributed by atoms with van der Waals surface area (Å²) in [6, 6.07) is 2.14. The van der Waals surface area contributed by atoms with Crippen molar-refractivity contribution in [3.05, 3.63) is 21.9 Å². The van der Waals surface area contributed by atoms with Crippen LogP contribution in [0.1, 0.15) is 29.7 Å². The van der Waals surface area contributed by atoms with Crippen molar-refractivity contribution in [3.8, 4) is 0 Å². The van der Waals surface area contributed by atoms with E-state index in [2.05, 4.69) is 18.4 Å². The summed E-state index contributed by atoms with van der Waals surface area (Å²) in [6.07, 6.45) is 1.83. The molecule has 1 N–H and O–H groups in total. The zero-order chi connectivity index (χ0) is 7.84. The Kier molecular flexibility index (Phi) is 1.74. The van der Waals surface area contributed by atoms with Crippen LogP contribution in [0.4, 0.5) is 0 Å². The smallest absolute Gasteiger partial charge is 0.0657 e. The van der Waals surface area contributed by atoms with Crippen LogP contribution in [-0.2, 0) is 6.42 Å². The second-order valence-electron chi connectivity index (χ2n) is 3.10. The average molecular weight is 168 g/mol. The van der Waals surface area contributed by atoms with E-state index in [-0.39, 0.29) is 6.10 Å². The van der Waals surface area contributed by atoms with Gasteiger partial charge in [-0.05, 0) is 23.4 Å². The van der Waals surface area contributed by atoms with E-state index in [1.54, 1.807) is 11.3 Å². The van der Waals surface area contributed by atoms with Crippen LogP contribution in [0, 0.1) is 0 Å². The summed E-state index contributed by atoms with van der Waals surface area (Å²) in [4.78, 5) is 1.42. The van der Waals surface area contributed by atoms with E-state index in [9.17, 15) is 5.11 Å². The fourth-order valence-electron chi connectivity index (χ4n) is 1.84. The van der Waals surface area contributed by atoms with Gasteiger partial charge in [0.15, 0.2) is 0 Å². The molecule has 2 atom stereocenters. The fourth-order valence-corrected chi connectivity index (χ4v) is 3.02. The van der Waals surface area contributed by atoms with Gasteiger partial charge in [-0.25, -0.2) is 0 Å². The van der Waals surface area contributed by atoms with Crippen LogP contribution < -0.4 is 0 Å². The van der Waals surface area contributed by atoms with E-state index in [0.29, 0.717) is 5.92 Å². The van der Waals surface area contributed by atoms with Crippen molar-refractivity contribution in [1.82, 2.24) is 0 Å². The average Bonchev–Trinajstić information content (AvgIpc) is 2.46. The maximum atomic E-state index is 9.61. The van der Waals surface area contributed by atoms with E-state index in [0.717, 1.165) is 12.8 Å². The number of fused-ring (bicyclic) bond motifs is 1. The molecule has 0 radical (unpaired) electrons. The van der Waals surface area contributed by atoms with Crippen LogP contribution in [-0.4, -0.2) is 11.2 Å². The van der Waals surface area contributed by atoms with Crippen molar-refractivity contribution in [2.24, 2.45) is 0 Å². The Balaban J connectivity index is 2.35. The fraction of sp³-hybridized carbons (Fsp3) is 0.556. The van der Waals surface area contributed by atoms with Gasteiger partial charge >= 0.3 is 0 Å². The molecule has 0 aromatic carbocycles. The highest BCUT2D eigenvalue weighted by molar-refractivity contribution is 7.10. The van der Waals surface area contributed by atoms with Crippen molar-refractivity contribution in [1.29, 1.82) is 0 Å². The lowest BCUT2D eigenvalue weighted by Crippen LogP contribution is -2.11.